The molecule has 0 fully saturated rings. The molecule has 26 heavy (non-hydrogen) atoms. The first-order valence-corrected chi connectivity index (χ1v) is 8.49. The number of carbonyl (C=O) groups is 1. The van der Waals surface area contributed by atoms with E-state index in [4.69, 9.17) is 9.47 Å². The molecule has 3 aromatic rings. The van der Waals surface area contributed by atoms with Crippen molar-refractivity contribution >= 4 is 11.6 Å². The lowest BCUT2D eigenvalue weighted by molar-refractivity contribution is 0.102. The molecule has 0 spiro atoms. The van der Waals surface area contributed by atoms with Gasteiger partial charge in [-0.15, -0.1) is 0 Å². The maximum atomic E-state index is 12.4. The minimum Gasteiger partial charge on any atom is -0.490 e. The molecular formula is C22H21NO3. The van der Waals surface area contributed by atoms with Gasteiger partial charge in [-0.25, -0.2) is 0 Å². The number of nitrogens with one attached hydrogen (secondary N) is 1. The van der Waals surface area contributed by atoms with Crippen LogP contribution < -0.4 is 14.8 Å². The number of aryl methyl sites for hydroxylation is 1. The van der Waals surface area contributed by atoms with Crippen LogP contribution in [0.1, 0.15) is 15.9 Å². The largest absolute Gasteiger partial charge is 0.490 e. The molecule has 0 saturated heterocycles. The topological polar surface area (TPSA) is 47.6 Å². The fourth-order valence-corrected chi connectivity index (χ4v) is 2.49. The molecule has 0 saturated carbocycles. The van der Waals surface area contributed by atoms with Crippen molar-refractivity contribution in [3.05, 3.63) is 90.0 Å². The number of hydrogen-bond acceptors (Lipinski definition) is 3. The highest BCUT2D eigenvalue weighted by Gasteiger charge is 2.07. The van der Waals surface area contributed by atoms with Crippen LogP contribution in [-0.4, -0.2) is 19.1 Å². The molecule has 0 unspecified atom stereocenters. The third-order valence-corrected chi connectivity index (χ3v) is 3.74. The zero-order valence-electron chi connectivity index (χ0n) is 14.6. The Hall–Kier alpha value is -3.27. The summed E-state index contributed by atoms with van der Waals surface area (Å²) in [7, 11) is 0. The van der Waals surface area contributed by atoms with Crippen LogP contribution in [0.25, 0.3) is 0 Å². The Bertz CT molecular complexity index is 862. The van der Waals surface area contributed by atoms with E-state index in [9.17, 15) is 4.79 Å². The number of carbonyl (C=O) groups excluding carboxylic acids is 1. The lowest BCUT2D eigenvalue weighted by atomic mass is 10.2. The highest BCUT2D eigenvalue weighted by Crippen LogP contribution is 2.16. The van der Waals surface area contributed by atoms with E-state index >= 15 is 0 Å². The van der Waals surface area contributed by atoms with Gasteiger partial charge in [0.2, 0.25) is 0 Å². The van der Waals surface area contributed by atoms with Gasteiger partial charge in [-0.3, -0.25) is 4.79 Å². The first-order chi connectivity index (χ1) is 12.7. The summed E-state index contributed by atoms with van der Waals surface area (Å²) in [5.41, 5.74) is 2.42. The molecule has 0 aliphatic heterocycles. The summed E-state index contributed by atoms with van der Waals surface area (Å²) in [6, 6.07) is 24.4. The fourth-order valence-electron chi connectivity index (χ4n) is 2.49. The summed E-state index contributed by atoms with van der Waals surface area (Å²) in [5.74, 6) is 1.28. The second-order valence-corrected chi connectivity index (χ2v) is 5.86. The van der Waals surface area contributed by atoms with Crippen molar-refractivity contribution in [1.29, 1.82) is 0 Å². The third-order valence-electron chi connectivity index (χ3n) is 3.74. The molecule has 0 heterocycles. The summed E-state index contributed by atoms with van der Waals surface area (Å²) in [6.45, 7) is 2.82. The zero-order chi connectivity index (χ0) is 18.2. The van der Waals surface area contributed by atoms with Crippen LogP contribution in [0.5, 0.6) is 11.5 Å². The van der Waals surface area contributed by atoms with Crippen molar-refractivity contribution in [1.82, 2.24) is 0 Å². The minimum atomic E-state index is -0.165. The Morgan fingerprint density at radius 2 is 1.50 bits per heavy atom. The Balaban J connectivity index is 1.53. The van der Waals surface area contributed by atoms with Crippen LogP contribution in [0.15, 0.2) is 78.9 Å². The minimum absolute atomic E-state index is 0.165. The normalized spacial score (nSPS) is 10.2. The van der Waals surface area contributed by atoms with Gasteiger partial charge in [-0.05, 0) is 55.0 Å². The molecule has 4 heteroatoms. The monoisotopic (exact) mass is 347 g/mol. The van der Waals surface area contributed by atoms with Crippen LogP contribution >= 0.6 is 0 Å². The molecule has 1 N–H and O–H groups in total. The standard InChI is InChI=1S/C22H21NO3/c1-17-7-5-9-19(15-17)23-22(24)18-8-6-12-21(16-18)26-14-13-25-20-10-3-2-4-11-20/h2-12,15-16H,13-14H2,1H3,(H,23,24). The summed E-state index contributed by atoms with van der Waals surface area (Å²) in [5, 5.41) is 2.90. The van der Waals surface area contributed by atoms with Crippen LogP contribution in [-0.2, 0) is 0 Å². The second kappa shape index (κ2) is 8.72. The Morgan fingerprint density at radius 1 is 0.808 bits per heavy atom. The van der Waals surface area contributed by atoms with Crippen molar-refractivity contribution in [2.45, 2.75) is 6.92 Å². The maximum Gasteiger partial charge on any atom is 0.255 e. The molecule has 0 radical (unpaired) electrons. The lowest BCUT2D eigenvalue weighted by Crippen LogP contribution is -2.13. The number of anilines is 1. The Kier molecular flexibility index (Phi) is 5.88. The number of benzene rings is 3. The second-order valence-electron chi connectivity index (χ2n) is 5.86. The lowest BCUT2D eigenvalue weighted by Gasteiger charge is -2.10. The summed E-state index contributed by atoms with van der Waals surface area (Å²) >= 11 is 0. The van der Waals surface area contributed by atoms with Gasteiger partial charge < -0.3 is 14.8 Å². The summed E-state index contributed by atoms with van der Waals surface area (Å²) < 4.78 is 11.3. The van der Waals surface area contributed by atoms with Crippen molar-refractivity contribution in [2.24, 2.45) is 0 Å². The van der Waals surface area contributed by atoms with E-state index in [-0.39, 0.29) is 5.91 Å². The van der Waals surface area contributed by atoms with Gasteiger partial charge in [0.05, 0.1) is 0 Å². The molecule has 0 aliphatic carbocycles. The molecular weight excluding hydrogens is 326 g/mol. The summed E-state index contributed by atoms with van der Waals surface area (Å²) in [4.78, 5) is 12.4. The highest BCUT2D eigenvalue weighted by atomic mass is 16.5. The number of para-hydroxylation sites is 1. The maximum absolute atomic E-state index is 12.4. The smallest absolute Gasteiger partial charge is 0.255 e. The van der Waals surface area contributed by atoms with E-state index in [1.165, 1.54) is 0 Å². The Labute approximate surface area is 153 Å². The average Bonchev–Trinajstić information content (AvgIpc) is 2.66. The van der Waals surface area contributed by atoms with Crippen LogP contribution in [0.2, 0.25) is 0 Å². The van der Waals surface area contributed by atoms with Gasteiger partial charge in [0, 0.05) is 11.3 Å². The highest BCUT2D eigenvalue weighted by molar-refractivity contribution is 6.04. The van der Waals surface area contributed by atoms with E-state index in [1.807, 2.05) is 67.6 Å². The zero-order valence-corrected chi connectivity index (χ0v) is 14.6. The number of rotatable bonds is 7. The molecule has 132 valence electrons. The number of hydrogen-bond donors (Lipinski definition) is 1. The molecule has 3 rings (SSSR count). The number of amides is 1. The third kappa shape index (κ3) is 5.11. The van der Waals surface area contributed by atoms with E-state index < -0.39 is 0 Å². The van der Waals surface area contributed by atoms with Gasteiger partial charge in [-0.2, -0.15) is 0 Å². The molecule has 0 atom stereocenters. The SMILES string of the molecule is Cc1cccc(NC(=O)c2cccc(OCCOc3ccccc3)c2)c1. The van der Waals surface area contributed by atoms with Crippen molar-refractivity contribution < 1.29 is 14.3 Å². The van der Waals surface area contributed by atoms with E-state index in [0.29, 0.717) is 24.5 Å². The van der Waals surface area contributed by atoms with E-state index in [2.05, 4.69) is 5.32 Å². The van der Waals surface area contributed by atoms with Gasteiger partial charge >= 0.3 is 0 Å². The van der Waals surface area contributed by atoms with Crippen LogP contribution in [0, 0.1) is 6.92 Å². The molecule has 3 aromatic carbocycles. The van der Waals surface area contributed by atoms with Crippen LogP contribution in [0.4, 0.5) is 5.69 Å². The van der Waals surface area contributed by atoms with Crippen LogP contribution in [0.3, 0.4) is 0 Å². The number of ether oxygens (including phenoxy) is 2. The van der Waals surface area contributed by atoms with Crippen molar-refractivity contribution in [3.8, 4) is 11.5 Å². The fraction of sp³-hybridized carbons (Fsp3) is 0.136. The van der Waals surface area contributed by atoms with Crippen molar-refractivity contribution in [2.75, 3.05) is 18.5 Å². The predicted octanol–water partition coefficient (Wildman–Crippen LogP) is 4.71. The molecule has 4 nitrogen and oxygen atoms in total. The predicted molar refractivity (Wildman–Crippen MR) is 103 cm³/mol. The van der Waals surface area contributed by atoms with E-state index in [1.54, 1.807) is 18.2 Å². The van der Waals surface area contributed by atoms with Crippen molar-refractivity contribution in [3.63, 3.8) is 0 Å². The quantitative estimate of drug-likeness (QED) is 0.630. The van der Waals surface area contributed by atoms with Gasteiger partial charge in [0.15, 0.2) is 0 Å². The van der Waals surface area contributed by atoms with Gasteiger partial charge in [0.1, 0.15) is 24.7 Å². The molecule has 0 bridgehead atoms. The first kappa shape index (κ1) is 17.5. The van der Waals surface area contributed by atoms with Gasteiger partial charge in [-0.1, -0.05) is 36.4 Å². The molecule has 1 amide bonds. The summed E-state index contributed by atoms with van der Waals surface area (Å²) in [6.07, 6.45) is 0. The van der Waals surface area contributed by atoms with E-state index in [0.717, 1.165) is 17.0 Å². The molecule has 0 aromatic heterocycles. The van der Waals surface area contributed by atoms with Gasteiger partial charge in [0.25, 0.3) is 5.91 Å². The molecule has 0 aliphatic rings. The Morgan fingerprint density at radius 3 is 2.27 bits per heavy atom. The first-order valence-electron chi connectivity index (χ1n) is 8.49. The average molecular weight is 347 g/mol.